The maximum Gasteiger partial charge on any atom is 0.108 e. The zero-order valence-electron chi connectivity index (χ0n) is 11.1. The molecule has 1 N–H and O–H groups in total. The minimum Gasteiger partial charge on any atom is -0.382 e. The van der Waals surface area contributed by atoms with Gasteiger partial charge in [-0.2, -0.15) is 0 Å². The van der Waals surface area contributed by atoms with Crippen LogP contribution in [0.5, 0.6) is 0 Å². The molecule has 0 fully saturated rings. The van der Waals surface area contributed by atoms with Gasteiger partial charge in [-0.05, 0) is 26.3 Å². The Balaban J connectivity index is 1.97. The summed E-state index contributed by atoms with van der Waals surface area (Å²) in [6, 6.07) is 0. The van der Waals surface area contributed by atoms with Crippen molar-refractivity contribution in [1.29, 1.82) is 0 Å². The first-order valence-corrected chi connectivity index (χ1v) is 6.67. The molecule has 4 nitrogen and oxygen atoms in total. The lowest BCUT2D eigenvalue weighted by molar-refractivity contribution is 0.143. The van der Waals surface area contributed by atoms with Crippen molar-refractivity contribution in [3.63, 3.8) is 0 Å². The molecule has 1 rings (SSSR count). The van der Waals surface area contributed by atoms with Crippen LogP contribution in [0.1, 0.15) is 32.5 Å². The van der Waals surface area contributed by atoms with E-state index in [1.54, 1.807) is 0 Å². The molecule has 0 aliphatic carbocycles. The SMILES string of the molecule is CCOCCCCNCCn1ccnc1CC. The first-order valence-electron chi connectivity index (χ1n) is 6.67. The highest BCUT2D eigenvalue weighted by Gasteiger charge is 1.98. The largest absolute Gasteiger partial charge is 0.382 e. The fourth-order valence-corrected chi connectivity index (χ4v) is 1.78. The van der Waals surface area contributed by atoms with Crippen LogP contribution in [-0.4, -0.2) is 35.9 Å². The number of hydrogen-bond donors (Lipinski definition) is 1. The third-order valence-electron chi connectivity index (χ3n) is 2.74. The zero-order chi connectivity index (χ0) is 12.3. The van der Waals surface area contributed by atoms with E-state index in [0.717, 1.165) is 45.7 Å². The number of rotatable bonds is 10. The van der Waals surface area contributed by atoms with Crippen molar-refractivity contribution in [2.45, 2.75) is 39.7 Å². The van der Waals surface area contributed by atoms with E-state index in [0.29, 0.717) is 0 Å². The lowest BCUT2D eigenvalue weighted by atomic mass is 10.3. The zero-order valence-corrected chi connectivity index (χ0v) is 11.1. The molecule has 0 aromatic carbocycles. The predicted octanol–water partition coefficient (Wildman–Crippen LogP) is 1.85. The Labute approximate surface area is 104 Å². The molecule has 0 saturated heterocycles. The van der Waals surface area contributed by atoms with E-state index in [1.807, 2.05) is 13.1 Å². The van der Waals surface area contributed by atoms with Gasteiger partial charge in [-0.3, -0.25) is 0 Å². The summed E-state index contributed by atoms with van der Waals surface area (Å²) >= 11 is 0. The van der Waals surface area contributed by atoms with E-state index in [4.69, 9.17) is 4.74 Å². The van der Waals surface area contributed by atoms with Crippen molar-refractivity contribution < 1.29 is 4.74 Å². The van der Waals surface area contributed by atoms with Crippen molar-refractivity contribution in [1.82, 2.24) is 14.9 Å². The standard InChI is InChI=1S/C13H25N3O/c1-3-13-15-9-11-16(13)10-8-14-7-5-6-12-17-4-2/h9,11,14H,3-8,10,12H2,1-2H3. The highest BCUT2D eigenvalue weighted by molar-refractivity contribution is 4.91. The number of unbranched alkanes of at least 4 members (excludes halogenated alkanes) is 1. The Morgan fingerprint density at radius 1 is 1.29 bits per heavy atom. The van der Waals surface area contributed by atoms with Gasteiger partial charge in [0.1, 0.15) is 5.82 Å². The second-order valence-corrected chi connectivity index (χ2v) is 4.04. The molecular weight excluding hydrogens is 214 g/mol. The molecule has 0 aliphatic heterocycles. The Morgan fingerprint density at radius 2 is 2.18 bits per heavy atom. The van der Waals surface area contributed by atoms with Crippen LogP contribution in [0.4, 0.5) is 0 Å². The second kappa shape index (κ2) is 9.19. The smallest absolute Gasteiger partial charge is 0.108 e. The normalized spacial score (nSPS) is 10.9. The molecule has 1 heterocycles. The number of imidazole rings is 1. The molecule has 0 spiro atoms. The highest BCUT2D eigenvalue weighted by Crippen LogP contribution is 1.97. The quantitative estimate of drug-likeness (QED) is 0.633. The highest BCUT2D eigenvalue weighted by atomic mass is 16.5. The summed E-state index contributed by atoms with van der Waals surface area (Å²) in [4.78, 5) is 4.30. The number of aromatic nitrogens is 2. The average Bonchev–Trinajstić information content (AvgIpc) is 2.80. The second-order valence-electron chi connectivity index (χ2n) is 4.04. The van der Waals surface area contributed by atoms with Crippen molar-refractivity contribution in [2.24, 2.45) is 0 Å². The Kier molecular flexibility index (Phi) is 7.67. The van der Waals surface area contributed by atoms with Crippen LogP contribution in [0.3, 0.4) is 0 Å². The van der Waals surface area contributed by atoms with Gasteiger partial charge in [0.15, 0.2) is 0 Å². The Bertz CT molecular complexity index is 286. The van der Waals surface area contributed by atoms with Crippen LogP contribution in [0.15, 0.2) is 12.4 Å². The molecule has 0 saturated carbocycles. The molecule has 17 heavy (non-hydrogen) atoms. The van der Waals surface area contributed by atoms with Gasteiger partial charge in [-0.15, -0.1) is 0 Å². The van der Waals surface area contributed by atoms with E-state index < -0.39 is 0 Å². The lowest BCUT2D eigenvalue weighted by Crippen LogP contribution is -2.21. The maximum atomic E-state index is 5.29. The first kappa shape index (κ1) is 14.2. The number of hydrogen-bond acceptors (Lipinski definition) is 3. The molecule has 0 unspecified atom stereocenters. The van der Waals surface area contributed by atoms with E-state index in [1.165, 1.54) is 12.2 Å². The van der Waals surface area contributed by atoms with Gasteiger partial charge < -0.3 is 14.6 Å². The number of aryl methyl sites for hydroxylation is 1. The number of ether oxygens (including phenoxy) is 1. The fraction of sp³-hybridized carbons (Fsp3) is 0.769. The Morgan fingerprint density at radius 3 is 2.94 bits per heavy atom. The monoisotopic (exact) mass is 239 g/mol. The van der Waals surface area contributed by atoms with Crippen molar-refractivity contribution in [3.8, 4) is 0 Å². The van der Waals surface area contributed by atoms with Crippen LogP contribution in [0.25, 0.3) is 0 Å². The van der Waals surface area contributed by atoms with Gasteiger partial charge in [-0.25, -0.2) is 4.98 Å². The maximum absolute atomic E-state index is 5.29. The van der Waals surface area contributed by atoms with Crippen LogP contribution in [0.2, 0.25) is 0 Å². The van der Waals surface area contributed by atoms with Gasteiger partial charge in [0.05, 0.1) is 0 Å². The van der Waals surface area contributed by atoms with Gasteiger partial charge in [0.25, 0.3) is 0 Å². The van der Waals surface area contributed by atoms with E-state index >= 15 is 0 Å². The minimum absolute atomic E-state index is 0.827. The van der Waals surface area contributed by atoms with Crippen LogP contribution in [0, 0.1) is 0 Å². The summed E-state index contributed by atoms with van der Waals surface area (Å²) in [7, 11) is 0. The summed E-state index contributed by atoms with van der Waals surface area (Å²) in [5.74, 6) is 1.17. The lowest BCUT2D eigenvalue weighted by Gasteiger charge is -2.08. The molecule has 0 bridgehead atoms. The van der Waals surface area contributed by atoms with Gasteiger partial charge in [-0.1, -0.05) is 6.92 Å². The Hall–Kier alpha value is -0.870. The third-order valence-corrected chi connectivity index (χ3v) is 2.74. The summed E-state index contributed by atoms with van der Waals surface area (Å²) in [6.45, 7) is 8.98. The van der Waals surface area contributed by atoms with E-state index in [2.05, 4.69) is 28.0 Å². The molecule has 0 atom stereocenters. The van der Waals surface area contributed by atoms with E-state index in [-0.39, 0.29) is 0 Å². The molecule has 0 aliphatic rings. The van der Waals surface area contributed by atoms with Crippen molar-refractivity contribution in [2.75, 3.05) is 26.3 Å². The summed E-state index contributed by atoms with van der Waals surface area (Å²) in [5.41, 5.74) is 0. The van der Waals surface area contributed by atoms with Gasteiger partial charge >= 0.3 is 0 Å². The molecule has 98 valence electrons. The average molecular weight is 239 g/mol. The van der Waals surface area contributed by atoms with Gasteiger partial charge in [0, 0.05) is 45.1 Å². The summed E-state index contributed by atoms with van der Waals surface area (Å²) in [5, 5.41) is 3.45. The fourth-order valence-electron chi connectivity index (χ4n) is 1.78. The topological polar surface area (TPSA) is 39.1 Å². The van der Waals surface area contributed by atoms with Crippen LogP contribution >= 0.6 is 0 Å². The van der Waals surface area contributed by atoms with Crippen molar-refractivity contribution >= 4 is 0 Å². The molecular formula is C13H25N3O. The van der Waals surface area contributed by atoms with Crippen LogP contribution < -0.4 is 5.32 Å². The minimum atomic E-state index is 0.827. The van der Waals surface area contributed by atoms with Gasteiger partial charge in [0.2, 0.25) is 0 Å². The molecule has 0 amide bonds. The third kappa shape index (κ3) is 5.84. The first-order chi connectivity index (χ1) is 8.38. The molecule has 1 aromatic rings. The number of nitrogens with one attached hydrogen (secondary N) is 1. The molecule has 1 aromatic heterocycles. The van der Waals surface area contributed by atoms with Crippen molar-refractivity contribution in [3.05, 3.63) is 18.2 Å². The summed E-state index contributed by atoms with van der Waals surface area (Å²) < 4.78 is 7.50. The van der Waals surface area contributed by atoms with Crippen LogP contribution in [-0.2, 0) is 17.7 Å². The molecule has 0 radical (unpaired) electrons. The molecule has 4 heteroatoms. The predicted molar refractivity (Wildman–Crippen MR) is 70.2 cm³/mol. The van der Waals surface area contributed by atoms with E-state index in [9.17, 15) is 0 Å². The number of nitrogens with zero attached hydrogens (tertiary/aromatic N) is 2. The summed E-state index contributed by atoms with van der Waals surface area (Å²) in [6.07, 6.45) is 7.26.